The van der Waals surface area contributed by atoms with Gasteiger partial charge in [-0.2, -0.15) is 0 Å². The summed E-state index contributed by atoms with van der Waals surface area (Å²) in [5.74, 6) is 6.03. The number of guanidine groups is 1. The third kappa shape index (κ3) is 2.70. The Morgan fingerprint density at radius 2 is 2.33 bits per heavy atom. The van der Waals surface area contributed by atoms with Crippen LogP contribution < -0.4 is 16.6 Å². The summed E-state index contributed by atoms with van der Waals surface area (Å²) in [6.45, 7) is 2.93. The first-order chi connectivity index (χ1) is 5.86. The maximum absolute atomic E-state index is 5.30. The summed E-state index contributed by atoms with van der Waals surface area (Å²) in [6, 6.07) is 0.594. The van der Waals surface area contributed by atoms with Crippen LogP contribution in [0.2, 0.25) is 0 Å². The Kier molecular flexibility index (Phi) is 3.87. The van der Waals surface area contributed by atoms with Gasteiger partial charge in [0.25, 0.3) is 0 Å². The number of nitrogens with zero attached hydrogens (tertiary/aromatic N) is 1. The van der Waals surface area contributed by atoms with Crippen LogP contribution >= 0.6 is 0 Å². The molecule has 12 heavy (non-hydrogen) atoms. The summed E-state index contributed by atoms with van der Waals surface area (Å²) in [5.41, 5.74) is 2.57. The lowest BCUT2D eigenvalue weighted by molar-refractivity contribution is 0.380. The van der Waals surface area contributed by atoms with Crippen LogP contribution in [0.25, 0.3) is 0 Å². The van der Waals surface area contributed by atoms with Crippen LogP contribution in [-0.4, -0.2) is 18.5 Å². The Labute approximate surface area is 73.6 Å². The number of hydrogen-bond donors (Lipinski definition) is 3. The second-order valence-corrected chi connectivity index (χ2v) is 3.15. The standard InChI is InChI=1S/C8H18N4/c1-2-6-10-8(12-9)11-7-4-3-5-7/h7H,2-6,9H2,1H3,(H2,10,11,12). The lowest BCUT2D eigenvalue weighted by Gasteiger charge is -2.27. The maximum atomic E-state index is 5.30. The minimum Gasteiger partial charge on any atom is -0.353 e. The van der Waals surface area contributed by atoms with Gasteiger partial charge in [0.05, 0.1) is 0 Å². The Hall–Kier alpha value is -0.770. The van der Waals surface area contributed by atoms with Crippen molar-refractivity contribution in [2.24, 2.45) is 10.8 Å². The van der Waals surface area contributed by atoms with Crippen LogP contribution in [0.1, 0.15) is 32.6 Å². The van der Waals surface area contributed by atoms with E-state index in [1.165, 1.54) is 19.3 Å². The van der Waals surface area contributed by atoms with E-state index in [-0.39, 0.29) is 0 Å². The van der Waals surface area contributed by atoms with E-state index in [0.29, 0.717) is 6.04 Å². The van der Waals surface area contributed by atoms with Gasteiger partial charge in [-0.1, -0.05) is 6.92 Å². The van der Waals surface area contributed by atoms with Gasteiger partial charge in [0, 0.05) is 12.6 Å². The van der Waals surface area contributed by atoms with Gasteiger partial charge in [-0.05, 0) is 25.7 Å². The highest BCUT2D eigenvalue weighted by atomic mass is 15.3. The SMILES string of the molecule is CCCN=C(NN)NC1CCC1. The third-order valence-electron chi connectivity index (χ3n) is 2.08. The first-order valence-electron chi connectivity index (χ1n) is 4.64. The first kappa shape index (κ1) is 9.32. The molecule has 4 heteroatoms. The quantitative estimate of drug-likeness (QED) is 0.248. The topological polar surface area (TPSA) is 62.4 Å². The summed E-state index contributed by atoms with van der Waals surface area (Å²) in [6.07, 6.45) is 4.86. The summed E-state index contributed by atoms with van der Waals surface area (Å²) in [7, 11) is 0. The first-order valence-corrected chi connectivity index (χ1v) is 4.64. The monoisotopic (exact) mass is 170 g/mol. The molecule has 1 rings (SSSR count). The zero-order chi connectivity index (χ0) is 8.81. The molecule has 1 aliphatic carbocycles. The second kappa shape index (κ2) is 4.98. The minimum atomic E-state index is 0.594. The molecule has 1 fully saturated rings. The lowest BCUT2D eigenvalue weighted by Crippen LogP contribution is -2.48. The molecule has 0 unspecified atom stereocenters. The summed E-state index contributed by atoms with van der Waals surface area (Å²) < 4.78 is 0. The molecule has 0 saturated heterocycles. The normalized spacial score (nSPS) is 18.7. The Morgan fingerprint density at radius 1 is 1.58 bits per heavy atom. The number of nitrogens with one attached hydrogen (secondary N) is 2. The molecule has 0 amide bonds. The fraction of sp³-hybridized carbons (Fsp3) is 0.875. The van der Waals surface area contributed by atoms with Gasteiger partial charge in [0.15, 0.2) is 0 Å². The van der Waals surface area contributed by atoms with E-state index in [0.717, 1.165) is 18.9 Å². The zero-order valence-electron chi connectivity index (χ0n) is 7.64. The van der Waals surface area contributed by atoms with Crippen molar-refractivity contribution in [2.45, 2.75) is 38.6 Å². The van der Waals surface area contributed by atoms with E-state index in [4.69, 9.17) is 5.84 Å². The van der Waals surface area contributed by atoms with Gasteiger partial charge in [0.1, 0.15) is 0 Å². The zero-order valence-corrected chi connectivity index (χ0v) is 7.64. The van der Waals surface area contributed by atoms with Gasteiger partial charge in [0.2, 0.25) is 5.96 Å². The number of nitrogens with two attached hydrogens (primary N) is 1. The number of hydrazine groups is 1. The molecule has 1 saturated carbocycles. The summed E-state index contributed by atoms with van der Waals surface area (Å²) in [4.78, 5) is 4.25. The van der Waals surface area contributed by atoms with Crippen molar-refractivity contribution < 1.29 is 0 Å². The molecular formula is C8H18N4. The van der Waals surface area contributed by atoms with E-state index >= 15 is 0 Å². The molecule has 0 aromatic rings. The van der Waals surface area contributed by atoms with Crippen molar-refractivity contribution in [1.82, 2.24) is 10.7 Å². The average molecular weight is 170 g/mol. The third-order valence-corrected chi connectivity index (χ3v) is 2.08. The van der Waals surface area contributed by atoms with Gasteiger partial charge < -0.3 is 5.32 Å². The largest absolute Gasteiger partial charge is 0.353 e. The van der Waals surface area contributed by atoms with Crippen molar-refractivity contribution in [1.29, 1.82) is 0 Å². The fourth-order valence-corrected chi connectivity index (χ4v) is 1.10. The van der Waals surface area contributed by atoms with Gasteiger partial charge in [-0.25, -0.2) is 5.84 Å². The molecule has 4 N–H and O–H groups in total. The van der Waals surface area contributed by atoms with Crippen LogP contribution in [0.4, 0.5) is 0 Å². The van der Waals surface area contributed by atoms with Crippen LogP contribution in [-0.2, 0) is 0 Å². The van der Waals surface area contributed by atoms with Crippen LogP contribution in [0.5, 0.6) is 0 Å². The summed E-state index contributed by atoms with van der Waals surface area (Å²) >= 11 is 0. The highest BCUT2D eigenvalue weighted by Crippen LogP contribution is 2.17. The van der Waals surface area contributed by atoms with Crippen molar-refractivity contribution in [3.63, 3.8) is 0 Å². The van der Waals surface area contributed by atoms with Crippen LogP contribution in [0.15, 0.2) is 4.99 Å². The molecule has 0 aliphatic heterocycles. The van der Waals surface area contributed by atoms with Crippen LogP contribution in [0.3, 0.4) is 0 Å². The van der Waals surface area contributed by atoms with Crippen molar-refractivity contribution in [3.8, 4) is 0 Å². The Bertz CT molecular complexity index is 151. The van der Waals surface area contributed by atoms with Gasteiger partial charge >= 0.3 is 0 Å². The molecular weight excluding hydrogens is 152 g/mol. The molecule has 70 valence electrons. The number of hydrogen-bond acceptors (Lipinski definition) is 2. The Morgan fingerprint density at radius 3 is 2.75 bits per heavy atom. The molecule has 0 radical (unpaired) electrons. The van der Waals surface area contributed by atoms with Crippen LogP contribution in [0, 0.1) is 0 Å². The predicted octanol–water partition coefficient (Wildman–Crippen LogP) is 0.358. The van der Waals surface area contributed by atoms with Gasteiger partial charge in [-0.3, -0.25) is 10.4 Å². The number of aliphatic imine (C=N–C) groups is 1. The lowest BCUT2D eigenvalue weighted by atomic mass is 9.93. The molecule has 0 atom stereocenters. The van der Waals surface area contributed by atoms with Crippen molar-refractivity contribution in [2.75, 3.05) is 6.54 Å². The molecule has 0 heterocycles. The second-order valence-electron chi connectivity index (χ2n) is 3.15. The average Bonchev–Trinajstić information content (AvgIpc) is 2.02. The molecule has 0 bridgehead atoms. The van der Waals surface area contributed by atoms with Gasteiger partial charge in [-0.15, -0.1) is 0 Å². The molecule has 0 spiro atoms. The van der Waals surface area contributed by atoms with E-state index < -0.39 is 0 Å². The fourth-order valence-electron chi connectivity index (χ4n) is 1.10. The minimum absolute atomic E-state index is 0.594. The molecule has 1 aliphatic rings. The smallest absolute Gasteiger partial charge is 0.205 e. The number of rotatable bonds is 3. The highest BCUT2D eigenvalue weighted by Gasteiger charge is 2.17. The Balaban J connectivity index is 2.23. The predicted molar refractivity (Wildman–Crippen MR) is 50.7 cm³/mol. The van der Waals surface area contributed by atoms with Crippen molar-refractivity contribution >= 4 is 5.96 Å². The van der Waals surface area contributed by atoms with E-state index in [2.05, 4.69) is 22.7 Å². The maximum Gasteiger partial charge on any atom is 0.205 e. The van der Waals surface area contributed by atoms with E-state index in [1.54, 1.807) is 0 Å². The molecule has 0 aromatic carbocycles. The highest BCUT2D eigenvalue weighted by molar-refractivity contribution is 5.79. The van der Waals surface area contributed by atoms with E-state index in [1.807, 2.05) is 0 Å². The molecule has 0 aromatic heterocycles. The summed E-state index contributed by atoms with van der Waals surface area (Å²) in [5, 5.41) is 3.25. The van der Waals surface area contributed by atoms with Crippen molar-refractivity contribution in [3.05, 3.63) is 0 Å². The van der Waals surface area contributed by atoms with E-state index in [9.17, 15) is 0 Å². The molecule has 4 nitrogen and oxygen atoms in total.